The SMILES string of the molecule is COc1ccc(C2(CNCC3(O)CCC4C5CCC6C7OCCOC7C(C)CC6(C)C5CCC43C)CCCC2)cc1OC.Cl. The van der Waals surface area contributed by atoms with Gasteiger partial charge in [0.05, 0.1) is 45.2 Å². The summed E-state index contributed by atoms with van der Waals surface area (Å²) in [5.41, 5.74) is 1.06. The molecule has 1 aliphatic heterocycles. The van der Waals surface area contributed by atoms with Crippen molar-refractivity contribution in [3.8, 4) is 11.5 Å². The number of aliphatic hydroxyl groups is 1. The quantitative estimate of drug-likeness (QED) is 0.340. The van der Waals surface area contributed by atoms with Crippen LogP contribution >= 0.6 is 12.4 Å². The van der Waals surface area contributed by atoms with Crippen molar-refractivity contribution in [2.24, 2.45) is 40.4 Å². The molecule has 0 spiro atoms. The third-order valence-electron chi connectivity index (χ3n) is 14.4. The summed E-state index contributed by atoms with van der Waals surface area (Å²) in [6.45, 7) is 10.6. The van der Waals surface area contributed by atoms with Crippen LogP contribution in [0.2, 0.25) is 0 Å². The average Bonchev–Trinajstić information content (AvgIpc) is 3.59. The normalized spacial score (nSPS) is 44.0. The van der Waals surface area contributed by atoms with Crippen molar-refractivity contribution in [3.63, 3.8) is 0 Å². The van der Waals surface area contributed by atoms with E-state index < -0.39 is 5.60 Å². The van der Waals surface area contributed by atoms with Gasteiger partial charge in [-0.3, -0.25) is 0 Å². The summed E-state index contributed by atoms with van der Waals surface area (Å²) >= 11 is 0. The van der Waals surface area contributed by atoms with Crippen LogP contribution in [0, 0.1) is 40.4 Å². The number of halogens is 1. The molecule has 248 valence electrons. The molecule has 1 aromatic carbocycles. The van der Waals surface area contributed by atoms with E-state index in [4.69, 9.17) is 18.9 Å². The molecule has 44 heavy (non-hydrogen) atoms. The van der Waals surface area contributed by atoms with Gasteiger partial charge in [0.2, 0.25) is 0 Å². The van der Waals surface area contributed by atoms with Gasteiger partial charge < -0.3 is 29.4 Å². The second kappa shape index (κ2) is 12.2. The first-order valence-corrected chi connectivity index (χ1v) is 17.6. The molecular weight excluding hydrogens is 574 g/mol. The number of hydrogen-bond acceptors (Lipinski definition) is 6. The van der Waals surface area contributed by atoms with Crippen molar-refractivity contribution in [2.75, 3.05) is 40.5 Å². The molecule has 6 nitrogen and oxygen atoms in total. The van der Waals surface area contributed by atoms with Gasteiger partial charge in [-0.05, 0) is 110 Å². The highest BCUT2D eigenvalue weighted by Crippen LogP contribution is 2.69. The first-order valence-electron chi connectivity index (χ1n) is 17.6. The smallest absolute Gasteiger partial charge is 0.161 e. The van der Waals surface area contributed by atoms with Gasteiger partial charge in [0, 0.05) is 23.9 Å². The summed E-state index contributed by atoms with van der Waals surface area (Å²) in [5, 5.41) is 16.4. The second-order valence-electron chi connectivity index (χ2n) is 16.1. The van der Waals surface area contributed by atoms with Crippen LogP contribution in [0.3, 0.4) is 0 Å². The Labute approximate surface area is 272 Å². The number of fused-ring (bicyclic) bond motifs is 7. The third kappa shape index (κ3) is 4.95. The maximum Gasteiger partial charge on any atom is 0.161 e. The standard InChI is InChI=1S/C37H57NO5.ClH/c1-24-21-34(2)27-12-16-35(3)28(26(27)9-10-29(34)33-32(24)42-18-19-43-33)13-17-37(35,39)23-38-22-36(14-6-7-15-36)25-8-11-30(40-4)31(20-25)41-5;/h8,11,20,24,26-29,32-33,38-39H,6-7,9-10,12-19,21-23H2,1-5H3;1H. The monoisotopic (exact) mass is 631 g/mol. The molecule has 2 N–H and O–H groups in total. The number of rotatable bonds is 7. The van der Waals surface area contributed by atoms with E-state index in [0.29, 0.717) is 29.7 Å². The molecule has 0 radical (unpaired) electrons. The third-order valence-corrected chi connectivity index (χ3v) is 14.4. The number of methoxy groups -OCH3 is 2. The highest BCUT2D eigenvalue weighted by Gasteiger charge is 2.66. The summed E-state index contributed by atoms with van der Waals surface area (Å²) in [5.74, 6) is 4.82. The van der Waals surface area contributed by atoms with Crippen molar-refractivity contribution < 1.29 is 24.1 Å². The van der Waals surface area contributed by atoms with Gasteiger partial charge >= 0.3 is 0 Å². The van der Waals surface area contributed by atoms with Gasteiger partial charge in [-0.15, -0.1) is 12.4 Å². The highest BCUT2D eigenvalue weighted by molar-refractivity contribution is 5.85. The Morgan fingerprint density at radius 2 is 1.55 bits per heavy atom. The van der Waals surface area contributed by atoms with E-state index >= 15 is 0 Å². The van der Waals surface area contributed by atoms with Crippen molar-refractivity contribution >= 4 is 12.4 Å². The molecule has 10 atom stereocenters. The molecule has 7 heteroatoms. The lowest BCUT2D eigenvalue weighted by molar-refractivity contribution is -0.249. The molecule has 5 saturated carbocycles. The Hall–Kier alpha value is -1.05. The van der Waals surface area contributed by atoms with Crippen LogP contribution in [-0.2, 0) is 14.9 Å². The Morgan fingerprint density at radius 3 is 2.27 bits per heavy atom. The highest BCUT2D eigenvalue weighted by atomic mass is 35.5. The van der Waals surface area contributed by atoms with Gasteiger partial charge in [0.25, 0.3) is 0 Å². The predicted molar refractivity (Wildman–Crippen MR) is 176 cm³/mol. The molecular formula is C37H58ClNO5. The number of hydrogen-bond donors (Lipinski definition) is 2. The van der Waals surface area contributed by atoms with Crippen LogP contribution in [-0.4, -0.2) is 63.4 Å². The molecule has 0 bridgehead atoms. The van der Waals surface area contributed by atoms with Crippen molar-refractivity contribution in [2.45, 2.75) is 115 Å². The van der Waals surface area contributed by atoms with E-state index in [2.05, 4.69) is 44.3 Å². The zero-order valence-electron chi connectivity index (χ0n) is 27.9. The van der Waals surface area contributed by atoms with E-state index in [1.165, 1.54) is 63.4 Å². The molecule has 10 unspecified atom stereocenters. The molecule has 1 saturated heterocycles. The zero-order valence-corrected chi connectivity index (χ0v) is 28.7. The fraction of sp³-hybridized carbons (Fsp3) is 0.838. The number of nitrogens with one attached hydrogen (secondary N) is 1. The molecule has 0 amide bonds. The first-order chi connectivity index (χ1) is 20.7. The molecule has 1 aromatic rings. The van der Waals surface area contributed by atoms with Gasteiger partial charge in [-0.25, -0.2) is 0 Å². The van der Waals surface area contributed by atoms with E-state index in [9.17, 15) is 5.11 Å². The van der Waals surface area contributed by atoms with Crippen LogP contribution in [0.4, 0.5) is 0 Å². The summed E-state index contributed by atoms with van der Waals surface area (Å²) in [6, 6.07) is 6.47. The molecule has 7 rings (SSSR count). The molecule has 6 aliphatic rings. The number of benzene rings is 1. The van der Waals surface area contributed by atoms with Crippen molar-refractivity contribution in [1.29, 1.82) is 0 Å². The van der Waals surface area contributed by atoms with Crippen LogP contribution in [0.5, 0.6) is 11.5 Å². The Bertz CT molecular complexity index is 1170. The van der Waals surface area contributed by atoms with E-state index in [1.54, 1.807) is 14.2 Å². The minimum absolute atomic E-state index is 0. The summed E-state index contributed by atoms with van der Waals surface area (Å²) in [4.78, 5) is 0. The summed E-state index contributed by atoms with van der Waals surface area (Å²) < 4.78 is 24.0. The lowest BCUT2D eigenvalue weighted by atomic mass is 9.43. The zero-order chi connectivity index (χ0) is 30.0. The average molecular weight is 632 g/mol. The lowest BCUT2D eigenvalue weighted by Gasteiger charge is -2.64. The van der Waals surface area contributed by atoms with Gasteiger partial charge in [0.1, 0.15) is 0 Å². The van der Waals surface area contributed by atoms with Gasteiger partial charge in [-0.1, -0.05) is 39.7 Å². The van der Waals surface area contributed by atoms with Crippen LogP contribution in [0.25, 0.3) is 0 Å². The minimum Gasteiger partial charge on any atom is -0.493 e. The lowest BCUT2D eigenvalue weighted by Crippen LogP contribution is -2.63. The van der Waals surface area contributed by atoms with Crippen LogP contribution in [0.1, 0.15) is 97.0 Å². The molecule has 0 aromatic heterocycles. The van der Waals surface area contributed by atoms with Crippen LogP contribution in [0.15, 0.2) is 18.2 Å². The van der Waals surface area contributed by atoms with Crippen molar-refractivity contribution in [3.05, 3.63) is 23.8 Å². The van der Waals surface area contributed by atoms with E-state index in [0.717, 1.165) is 55.9 Å². The summed E-state index contributed by atoms with van der Waals surface area (Å²) in [7, 11) is 3.42. The summed E-state index contributed by atoms with van der Waals surface area (Å²) in [6.07, 6.45) is 13.7. The topological polar surface area (TPSA) is 69.2 Å². The molecule has 1 heterocycles. The van der Waals surface area contributed by atoms with Crippen molar-refractivity contribution in [1.82, 2.24) is 5.32 Å². The molecule has 6 fully saturated rings. The Kier molecular flexibility index (Phi) is 9.11. The second-order valence-corrected chi connectivity index (χ2v) is 16.1. The largest absolute Gasteiger partial charge is 0.493 e. The Morgan fingerprint density at radius 1 is 0.841 bits per heavy atom. The fourth-order valence-electron chi connectivity index (χ4n) is 12.2. The van der Waals surface area contributed by atoms with E-state index in [1.807, 2.05) is 0 Å². The minimum atomic E-state index is -0.650. The maximum absolute atomic E-state index is 12.5. The predicted octanol–water partition coefficient (Wildman–Crippen LogP) is 6.94. The van der Waals surface area contributed by atoms with Gasteiger partial charge in [0.15, 0.2) is 11.5 Å². The maximum atomic E-state index is 12.5. The van der Waals surface area contributed by atoms with Gasteiger partial charge in [-0.2, -0.15) is 0 Å². The Balaban J connectivity index is 0.00000343. The van der Waals surface area contributed by atoms with Crippen LogP contribution < -0.4 is 14.8 Å². The molecule has 5 aliphatic carbocycles. The fourth-order valence-corrected chi connectivity index (χ4v) is 12.2. The van der Waals surface area contributed by atoms with E-state index in [-0.39, 0.29) is 35.4 Å². The number of ether oxygens (including phenoxy) is 4. The first kappa shape index (κ1) is 32.9.